The van der Waals surface area contributed by atoms with Crippen molar-refractivity contribution >= 4 is 38.5 Å². The summed E-state index contributed by atoms with van der Waals surface area (Å²) >= 11 is 1.88. The monoisotopic (exact) mass is 374 g/mol. The molecule has 0 radical (unpaired) electrons. The van der Waals surface area contributed by atoms with E-state index in [1.54, 1.807) is 26.2 Å². The summed E-state index contributed by atoms with van der Waals surface area (Å²) in [6.07, 6.45) is 0. The van der Waals surface area contributed by atoms with Gasteiger partial charge >= 0.3 is 18.9 Å². The molecule has 0 N–H and O–H groups in total. The molecule has 0 aromatic heterocycles. The first-order valence-electron chi connectivity index (χ1n) is 4.67. The Balaban J connectivity index is 0.00000289. The van der Waals surface area contributed by atoms with Crippen molar-refractivity contribution in [2.75, 3.05) is 21.1 Å². The van der Waals surface area contributed by atoms with Gasteiger partial charge in [-0.2, -0.15) is 7.05 Å². The summed E-state index contributed by atoms with van der Waals surface area (Å²) in [6.45, 7) is 0. The van der Waals surface area contributed by atoms with Crippen molar-refractivity contribution in [1.29, 1.82) is 0 Å². The van der Waals surface area contributed by atoms with E-state index in [0.29, 0.717) is 3.57 Å². The Labute approximate surface area is 133 Å². The van der Waals surface area contributed by atoms with E-state index in [4.69, 9.17) is 0 Å². The molecule has 1 rings (SSSR count). The molecular formula is C10H12ILiN2O3S. The van der Waals surface area contributed by atoms with Crippen molar-refractivity contribution in [1.82, 2.24) is 4.90 Å². The molecule has 5 nitrogen and oxygen atoms in total. The molecule has 0 fully saturated rings. The van der Waals surface area contributed by atoms with Crippen molar-refractivity contribution < 1.29 is 32.1 Å². The number of carbonyl (C=O) groups excluding carboxylic acids is 1. The Morgan fingerprint density at radius 3 is 2.33 bits per heavy atom. The molecule has 0 spiro atoms. The Hall–Kier alpha value is -0.0726. The Kier molecular flexibility index (Phi) is 6.88. The fourth-order valence-corrected chi connectivity index (χ4v) is 3.53. The van der Waals surface area contributed by atoms with Crippen molar-refractivity contribution in [2.45, 2.75) is 4.90 Å². The van der Waals surface area contributed by atoms with E-state index < -0.39 is 10.0 Å². The van der Waals surface area contributed by atoms with Crippen LogP contribution in [0.2, 0.25) is 0 Å². The second kappa shape index (κ2) is 6.91. The van der Waals surface area contributed by atoms with Crippen LogP contribution in [-0.4, -0.2) is 40.4 Å². The van der Waals surface area contributed by atoms with E-state index in [2.05, 4.69) is 4.72 Å². The fraction of sp³-hybridized carbons (Fsp3) is 0.300. The van der Waals surface area contributed by atoms with E-state index in [0.717, 1.165) is 0 Å². The first-order valence-corrected chi connectivity index (χ1v) is 7.19. The maximum absolute atomic E-state index is 11.9. The van der Waals surface area contributed by atoms with E-state index in [1.165, 1.54) is 18.0 Å². The normalized spacial score (nSPS) is 10.7. The summed E-state index contributed by atoms with van der Waals surface area (Å²) in [6, 6.07) is 4.76. The summed E-state index contributed by atoms with van der Waals surface area (Å²) in [5.41, 5.74) is 0.146. The number of halogens is 1. The molecule has 0 unspecified atom stereocenters. The molecule has 1 aromatic rings. The van der Waals surface area contributed by atoms with E-state index >= 15 is 0 Å². The van der Waals surface area contributed by atoms with Crippen LogP contribution in [0.3, 0.4) is 0 Å². The van der Waals surface area contributed by atoms with Crippen molar-refractivity contribution in [2.24, 2.45) is 0 Å². The van der Waals surface area contributed by atoms with Gasteiger partial charge in [0.05, 0.1) is 10.5 Å². The molecule has 0 saturated carbocycles. The van der Waals surface area contributed by atoms with Crippen LogP contribution in [0, 0.1) is 3.57 Å². The van der Waals surface area contributed by atoms with Gasteiger partial charge in [0, 0.05) is 17.7 Å². The van der Waals surface area contributed by atoms with E-state index in [-0.39, 0.29) is 35.2 Å². The third kappa shape index (κ3) is 3.71. The number of hydrogen-bond donors (Lipinski definition) is 0. The maximum Gasteiger partial charge on any atom is 1.00 e. The van der Waals surface area contributed by atoms with Gasteiger partial charge in [0.15, 0.2) is 0 Å². The fourth-order valence-electron chi connectivity index (χ4n) is 1.27. The minimum Gasteiger partial charge on any atom is -0.547 e. The molecule has 0 atom stereocenters. The van der Waals surface area contributed by atoms with Crippen LogP contribution in [-0.2, 0) is 10.0 Å². The molecule has 0 aliphatic carbocycles. The van der Waals surface area contributed by atoms with Crippen molar-refractivity contribution in [3.8, 4) is 0 Å². The molecule has 0 aliphatic heterocycles. The van der Waals surface area contributed by atoms with Gasteiger partial charge in [-0.3, -0.25) is 4.79 Å². The molecule has 0 saturated heterocycles. The minimum absolute atomic E-state index is 0. The van der Waals surface area contributed by atoms with Gasteiger partial charge < -0.3 is 9.62 Å². The molecule has 0 heterocycles. The molecule has 94 valence electrons. The molecule has 1 amide bonds. The number of benzene rings is 1. The Morgan fingerprint density at radius 2 is 1.89 bits per heavy atom. The molecule has 0 bridgehead atoms. The SMILES string of the molecule is C[N-]S(=O)(=O)c1c(I)cccc1C(=O)N(C)C.[Li+]. The zero-order valence-electron chi connectivity index (χ0n) is 10.6. The summed E-state index contributed by atoms with van der Waals surface area (Å²) in [4.78, 5) is 13.2. The van der Waals surface area contributed by atoms with Gasteiger partial charge in [-0.1, -0.05) is 6.07 Å². The zero-order valence-corrected chi connectivity index (χ0v) is 13.6. The number of nitrogens with zero attached hydrogens (tertiary/aromatic N) is 2. The average Bonchev–Trinajstić information content (AvgIpc) is 2.27. The van der Waals surface area contributed by atoms with Crippen LogP contribution >= 0.6 is 22.6 Å². The van der Waals surface area contributed by atoms with Crippen LogP contribution in [0.5, 0.6) is 0 Å². The number of rotatable bonds is 3. The van der Waals surface area contributed by atoms with Crippen LogP contribution in [0.25, 0.3) is 4.72 Å². The van der Waals surface area contributed by atoms with E-state index in [9.17, 15) is 13.2 Å². The predicted octanol–water partition coefficient (Wildman–Crippen LogP) is -1.31. The molecule has 8 heteroatoms. The topological polar surface area (TPSA) is 68.5 Å². The third-order valence-corrected chi connectivity index (χ3v) is 4.80. The van der Waals surface area contributed by atoms with E-state index in [1.807, 2.05) is 22.6 Å². The molecule has 0 aliphatic rings. The summed E-state index contributed by atoms with van der Waals surface area (Å²) in [7, 11) is 0.571. The standard InChI is InChI=1S/C10H12IN2O3S.Li/c1-12-17(15,16)9-7(10(14)13(2)3)5-4-6-8(9)11;/h4-6H,1-3H3;/q-1;+1. The number of sulfonamides is 1. The van der Waals surface area contributed by atoms with Crippen LogP contribution in [0.4, 0.5) is 0 Å². The number of carbonyl (C=O) groups is 1. The third-order valence-electron chi connectivity index (χ3n) is 2.10. The van der Waals surface area contributed by atoms with Crippen LogP contribution < -0.4 is 18.9 Å². The largest absolute Gasteiger partial charge is 1.00 e. The smallest absolute Gasteiger partial charge is 0.547 e. The first kappa shape index (κ1) is 17.9. The second-order valence-electron chi connectivity index (χ2n) is 3.47. The van der Waals surface area contributed by atoms with Gasteiger partial charge in [0.1, 0.15) is 10.0 Å². The van der Waals surface area contributed by atoms with Gasteiger partial charge in [0.2, 0.25) is 0 Å². The number of amides is 1. The maximum atomic E-state index is 11.9. The summed E-state index contributed by atoms with van der Waals surface area (Å²) < 4.78 is 27.5. The van der Waals surface area contributed by atoms with Crippen molar-refractivity contribution in [3.05, 3.63) is 32.1 Å². The van der Waals surface area contributed by atoms with Crippen LogP contribution in [0.15, 0.2) is 23.1 Å². The van der Waals surface area contributed by atoms with Gasteiger partial charge in [-0.05, 0) is 34.7 Å². The first-order chi connectivity index (χ1) is 7.81. The zero-order chi connectivity index (χ0) is 13.2. The van der Waals surface area contributed by atoms with Gasteiger partial charge in [-0.25, -0.2) is 8.42 Å². The molecular weight excluding hydrogens is 362 g/mol. The molecule has 1 aromatic carbocycles. The quantitative estimate of drug-likeness (QED) is 0.488. The van der Waals surface area contributed by atoms with Gasteiger partial charge in [-0.15, -0.1) is 0 Å². The summed E-state index contributed by atoms with van der Waals surface area (Å²) in [5, 5.41) is 0. The Morgan fingerprint density at radius 1 is 1.33 bits per heavy atom. The van der Waals surface area contributed by atoms with Crippen LogP contribution in [0.1, 0.15) is 10.4 Å². The minimum atomic E-state index is -3.77. The average molecular weight is 374 g/mol. The summed E-state index contributed by atoms with van der Waals surface area (Å²) in [5.74, 6) is -0.356. The van der Waals surface area contributed by atoms with Crippen molar-refractivity contribution in [3.63, 3.8) is 0 Å². The Bertz CT molecular complexity index is 546. The predicted molar refractivity (Wildman–Crippen MR) is 73.6 cm³/mol. The number of hydrogen-bond acceptors (Lipinski definition) is 3. The van der Waals surface area contributed by atoms with Gasteiger partial charge in [0.25, 0.3) is 5.91 Å². The molecule has 18 heavy (non-hydrogen) atoms. The second-order valence-corrected chi connectivity index (χ2v) is 6.36.